The minimum Gasteiger partial charge on any atom is -0.479 e. The van der Waals surface area contributed by atoms with Gasteiger partial charge in [0.05, 0.1) is 11.1 Å². The summed E-state index contributed by atoms with van der Waals surface area (Å²) in [6.07, 6.45) is -4.85. The lowest BCUT2D eigenvalue weighted by Crippen LogP contribution is -2.55. The molecule has 126 valence electrons. The molecule has 0 spiro atoms. The van der Waals surface area contributed by atoms with Gasteiger partial charge in [-0.05, 0) is 34.1 Å². The Balaban J connectivity index is 2.22. The summed E-state index contributed by atoms with van der Waals surface area (Å²) in [6.45, 7) is -0.0497. The second-order valence-corrected chi connectivity index (χ2v) is 5.69. The predicted octanol–water partition coefficient (Wildman–Crippen LogP) is 2.32. The topological polar surface area (TPSA) is 84.9 Å². The quantitative estimate of drug-likeness (QED) is 0.814. The summed E-state index contributed by atoms with van der Waals surface area (Å²) in [4.78, 5) is 23.5. The van der Waals surface area contributed by atoms with E-state index in [-0.39, 0.29) is 29.7 Å². The summed E-state index contributed by atoms with van der Waals surface area (Å²) in [5, 5.41) is 11.5. The minimum absolute atomic E-state index is 0.00326. The van der Waals surface area contributed by atoms with Gasteiger partial charge in [-0.1, -0.05) is 0 Å². The van der Waals surface area contributed by atoms with E-state index in [1.165, 1.54) is 12.1 Å². The third-order valence-corrected chi connectivity index (χ3v) is 3.86. The summed E-state index contributed by atoms with van der Waals surface area (Å²) >= 11 is 2.88. The van der Waals surface area contributed by atoms with E-state index in [1.54, 1.807) is 0 Å². The standard InChI is InChI=1S/C13H11BrF3NO5/c14-8-2-1-7(5-9(8)23-13(15,16)17)10(19)18-12(11(20)21)3-4-22-6-12/h1-2,5H,3-4,6H2,(H,18,19)(H,20,21). The number of halogens is 4. The van der Waals surface area contributed by atoms with Crippen LogP contribution in [0.2, 0.25) is 0 Å². The van der Waals surface area contributed by atoms with E-state index in [0.717, 1.165) is 6.07 Å². The van der Waals surface area contributed by atoms with E-state index in [2.05, 4.69) is 26.0 Å². The molecule has 0 bridgehead atoms. The monoisotopic (exact) mass is 397 g/mol. The zero-order valence-electron chi connectivity index (χ0n) is 11.4. The molecule has 1 aromatic carbocycles. The summed E-state index contributed by atoms with van der Waals surface area (Å²) < 4.78 is 45.7. The Labute approximate surface area is 136 Å². The molecule has 6 nitrogen and oxygen atoms in total. The van der Waals surface area contributed by atoms with Crippen LogP contribution in [0.25, 0.3) is 0 Å². The molecule has 0 aromatic heterocycles. The van der Waals surface area contributed by atoms with Gasteiger partial charge in [-0.3, -0.25) is 4.79 Å². The molecule has 1 aliphatic heterocycles. The smallest absolute Gasteiger partial charge is 0.479 e. The fourth-order valence-electron chi connectivity index (χ4n) is 2.02. The lowest BCUT2D eigenvalue weighted by Gasteiger charge is -2.23. The molecule has 1 heterocycles. The molecule has 10 heteroatoms. The van der Waals surface area contributed by atoms with Crippen LogP contribution in [-0.4, -0.2) is 42.1 Å². The number of benzene rings is 1. The van der Waals surface area contributed by atoms with E-state index in [9.17, 15) is 27.9 Å². The average Bonchev–Trinajstić information content (AvgIpc) is 2.89. The number of carbonyl (C=O) groups is 2. The number of alkyl halides is 3. The third kappa shape index (κ3) is 4.14. The molecule has 1 atom stereocenters. The molecule has 1 saturated heterocycles. The van der Waals surface area contributed by atoms with Crippen LogP contribution in [-0.2, 0) is 9.53 Å². The van der Waals surface area contributed by atoms with Crippen LogP contribution in [0.1, 0.15) is 16.8 Å². The maximum Gasteiger partial charge on any atom is 0.573 e. The van der Waals surface area contributed by atoms with E-state index in [1.807, 2.05) is 0 Å². The highest BCUT2D eigenvalue weighted by molar-refractivity contribution is 9.10. The first-order valence-electron chi connectivity index (χ1n) is 6.32. The second kappa shape index (κ2) is 6.36. The Morgan fingerprint density at radius 2 is 2.09 bits per heavy atom. The Morgan fingerprint density at radius 1 is 1.39 bits per heavy atom. The molecule has 23 heavy (non-hydrogen) atoms. The van der Waals surface area contributed by atoms with Gasteiger partial charge in [0, 0.05) is 18.6 Å². The third-order valence-electron chi connectivity index (χ3n) is 3.20. The number of amides is 1. The lowest BCUT2D eigenvalue weighted by molar-refractivity contribution is -0.274. The highest BCUT2D eigenvalue weighted by atomic mass is 79.9. The van der Waals surface area contributed by atoms with Crippen molar-refractivity contribution in [2.75, 3.05) is 13.2 Å². The van der Waals surface area contributed by atoms with Crippen molar-refractivity contribution in [3.05, 3.63) is 28.2 Å². The van der Waals surface area contributed by atoms with Crippen molar-refractivity contribution in [2.45, 2.75) is 18.3 Å². The fourth-order valence-corrected chi connectivity index (χ4v) is 2.35. The fraction of sp³-hybridized carbons (Fsp3) is 0.385. The number of hydrogen-bond acceptors (Lipinski definition) is 4. The van der Waals surface area contributed by atoms with Crippen LogP contribution in [0, 0.1) is 0 Å². The van der Waals surface area contributed by atoms with Gasteiger partial charge in [0.1, 0.15) is 5.75 Å². The highest BCUT2D eigenvalue weighted by Gasteiger charge is 2.44. The van der Waals surface area contributed by atoms with Crippen LogP contribution in [0.3, 0.4) is 0 Å². The predicted molar refractivity (Wildman–Crippen MR) is 74.1 cm³/mol. The molecule has 1 aliphatic rings. The van der Waals surface area contributed by atoms with Gasteiger partial charge in [-0.15, -0.1) is 13.2 Å². The minimum atomic E-state index is -4.92. The SMILES string of the molecule is O=C(NC1(C(=O)O)CCOC1)c1ccc(Br)c(OC(F)(F)F)c1. The molecule has 0 radical (unpaired) electrons. The Morgan fingerprint density at radius 3 is 2.61 bits per heavy atom. The number of rotatable bonds is 4. The van der Waals surface area contributed by atoms with E-state index < -0.39 is 29.5 Å². The lowest BCUT2D eigenvalue weighted by atomic mass is 9.98. The van der Waals surface area contributed by atoms with Crippen molar-refractivity contribution in [2.24, 2.45) is 0 Å². The summed E-state index contributed by atoms with van der Waals surface area (Å²) in [5.74, 6) is -2.71. The van der Waals surface area contributed by atoms with Crippen molar-refractivity contribution in [3.8, 4) is 5.75 Å². The van der Waals surface area contributed by atoms with Gasteiger partial charge in [0.25, 0.3) is 5.91 Å². The van der Waals surface area contributed by atoms with Crippen LogP contribution in [0.15, 0.2) is 22.7 Å². The molecule has 2 N–H and O–H groups in total. The summed E-state index contributed by atoms with van der Waals surface area (Å²) in [7, 11) is 0. The second-order valence-electron chi connectivity index (χ2n) is 4.84. The van der Waals surface area contributed by atoms with Gasteiger partial charge < -0.3 is 19.9 Å². The number of carboxylic acid groups (broad SMARTS) is 1. The molecule has 0 aliphatic carbocycles. The number of aliphatic carboxylic acids is 1. The molecular weight excluding hydrogens is 387 g/mol. The van der Waals surface area contributed by atoms with Crippen molar-refractivity contribution < 1.29 is 37.3 Å². The number of hydrogen-bond donors (Lipinski definition) is 2. The van der Waals surface area contributed by atoms with Crippen molar-refractivity contribution in [3.63, 3.8) is 0 Å². The first-order valence-corrected chi connectivity index (χ1v) is 7.11. The van der Waals surface area contributed by atoms with Gasteiger partial charge in [-0.25, -0.2) is 4.79 Å². The van der Waals surface area contributed by atoms with Crippen molar-refractivity contribution in [1.82, 2.24) is 5.32 Å². The Hall–Kier alpha value is -1.81. The van der Waals surface area contributed by atoms with Crippen molar-refractivity contribution in [1.29, 1.82) is 0 Å². The van der Waals surface area contributed by atoms with Gasteiger partial charge in [0.2, 0.25) is 0 Å². The molecular formula is C13H11BrF3NO5. The molecule has 1 fully saturated rings. The zero-order valence-corrected chi connectivity index (χ0v) is 13.0. The van der Waals surface area contributed by atoms with Gasteiger partial charge in [0.15, 0.2) is 5.54 Å². The Bertz CT molecular complexity index is 629. The van der Waals surface area contributed by atoms with E-state index in [0.29, 0.717) is 0 Å². The summed E-state index contributed by atoms with van der Waals surface area (Å²) in [5.41, 5.74) is -1.75. The number of ether oxygens (including phenoxy) is 2. The number of carboxylic acids is 1. The maximum atomic E-state index is 12.3. The molecule has 2 rings (SSSR count). The molecule has 1 aromatic rings. The zero-order chi connectivity index (χ0) is 17.3. The van der Waals surface area contributed by atoms with Crippen LogP contribution < -0.4 is 10.1 Å². The first kappa shape index (κ1) is 17.5. The molecule has 0 saturated carbocycles. The average molecular weight is 398 g/mol. The number of carbonyl (C=O) groups excluding carboxylic acids is 1. The molecule has 1 unspecified atom stereocenters. The van der Waals surface area contributed by atoms with E-state index in [4.69, 9.17) is 4.74 Å². The number of nitrogens with one attached hydrogen (secondary N) is 1. The van der Waals surface area contributed by atoms with Crippen molar-refractivity contribution >= 4 is 27.8 Å². The van der Waals surface area contributed by atoms with Crippen LogP contribution >= 0.6 is 15.9 Å². The van der Waals surface area contributed by atoms with Crippen LogP contribution in [0.5, 0.6) is 5.75 Å². The Kier molecular flexibility index (Phi) is 4.85. The first-order chi connectivity index (χ1) is 10.6. The van der Waals surface area contributed by atoms with Gasteiger partial charge >= 0.3 is 12.3 Å². The van der Waals surface area contributed by atoms with E-state index >= 15 is 0 Å². The normalized spacial score (nSPS) is 21.0. The largest absolute Gasteiger partial charge is 0.573 e. The van der Waals surface area contributed by atoms with Gasteiger partial charge in [-0.2, -0.15) is 0 Å². The summed E-state index contributed by atoms with van der Waals surface area (Å²) in [6, 6.07) is 3.32. The maximum absolute atomic E-state index is 12.3. The highest BCUT2D eigenvalue weighted by Crippen LogP contribution is 2.31. The van der Waals surface area contributed by atoms with Crippen LogP contribution in [0.4, 0.5) is 13.2 Å². The molecule has 1 amide bonds.